The van der Waals surface area contributed by atoms with Gasteiger partial charge in [0.05, 0.1) is 11.7 Å². The summed E-state index contributed by atoms with van der Waals surface area (Å²) in [5.41, 5.74) is -0.708. The lowest BCUT2D eigenvalue weighted by molar-refractivity contribution is -0.137. The van der Waals surface area contributed by atoms with Crippen molar-refractivity contribution in [1.29, 1.82) is 0 Å². The Morgan fingerprint density at radius 2 is 1.95 bits per heavy atom. The first kappa shape index (κ1) is 20.7. The van der Waals surface area contributed by atoms with E-state index in [2.05, 4.69) is 10.6 Å². The number of carbonyl (C=O) groups excluding carboxylic acids is 1. The molecule has 22 heavy (non-hydrogen) atoms. The monoisotopic (exact) mass is 340 g/mol. The predicted molar refractivity (Wildman–Crippen MR) is 79.8 cm³/mol. The van der Waals surface area contributed by atoms with Crippen LogP contribution in [0.1, 0.15) is 24.2 Å². The molecule has 0 aliphatic heterocycles. The molecule has 1 amide bonds. The number of hydrogen-bond acceptors (Lipinski definition) is 3. The van der Waals surface area contributed by atoms with Gasteiger partial charge in [-0.3, -0.25) is 4.79 Å². The zero-order valence-electron chi connectivity index (χ0n) is 12.3. The molecule has 0 fully saturated rings. The molecule has 8 heteroatoms. The van der Waals surface area contributed by atoms with Crippen molar-refractivity contribution in [3.05, 3.63) is 35.4 Å². The van der Waals surface area contributed by atoms with Crippen molar-refractivity contribution < 1.29 is 23.1 Å². The van der Waals surface area contributed by atoms with Gasteiger partial charge in [-0.25, -0.2) is 0 Å². The Labute approximate surface area is 133 Å². The van der Waals surface area contributed by atoms with Crippen LogP contribution < -0.4 is 10.6 Å². The van der Waals surface area contributed by atoms with Crippen LogP contribution in [0.3, 0.4) is 0 Å². The van der Waals surface area contributed by atoms with Crippen molar-refractivity contribution in [3.63, 3.8) is 0 Å². The van der Waals surface area contributed by atoms with Crippen LogP contribution in [0.15, 0.2) is 24.3 Å². The average molecular weight is 341 g/mol. The molecule has 4 nitrogen and oxygen atoms in total. The van der Waals surface area contributed by atoms with Gasteiger partial charge in [0.2, 0.25) is 5.91 Å². The lowest BCUT2D eigenvalue weighted by Gasteiger charge is -2.16. The molecule has 2 unspecified atom stereocenters. The summed E-state index contributed by atoms with van der Waals surface area (Å²) in [6, 6.07) is 4.44. The van der Waals surface area contributed by atoms with Gasteiger partial charge in [-0.1, -0.05) is 19.1 Å². The van der Waals surface area contributed by atoms with Gasteiger partial charge >= 0.3 is 6.18 Å². The molecule has 0 bridgehead atoms. The largest absolute Gasteiger partial charge is 0.416 e. The maximum atomic E-state index is 12.6. The van der Waals surface area contributed by atoms with Crippen LogP contribution in [0, 0.1) is 5.92 Å². The minimum atomic E-state index is -4.46. The van der Waals surface area contributed by atoms with Crippen LogP contribution in [0.4, 0.5) is 13.2 Å². The number of nitrogens with one attached hydrogen (secondary N) is 2. The molecule has 0 aliphatic carbocycles. The number of rotatable bonds is 6. The Morgan fingerprint density at radius 3 is 2.50 bits per heavy atom. The van der Waals surface area contributed by atoms with Gasteiger partial charge in [0.1, 0.15) is 0 Å². The Kier molecular flexibility index (Phi) is 8.44. The lowest BCUT2D eigenvalue weighted by atomic mass is 10.1. The molecule has 0 aliphatic rings. The second-order valence-electron chi connectivity index (χ2n) is 4.84. The van der Waals surface area contributed by atoms with E-state index in [1.54, 1.807) is 14.0 Å². The van der Waals surface area contributed by atoms with Gasteiger partial charge in [0.25, 0.3) is 0 Å². The third-order valence-electron chi connectivity index (χ3n) is 3.03. The van der Waals surface area contributed by atoms with E-state index in [-0.39, 0.29) is 36.3 Å². The topological polar surface area (TPSA) is 61.4 Å². The summed E-state index contributed by atoms with van der Waals surface area (Å²) in [6.07, 6.45) is -5.64. The fourth-order valence-corrected chi connectivity index (χ4v) is 1.81. The fourth-order valence-electron chi connectivity index (χ4n) is 1.81. The number of aliphatic hydroxyl groups is 1. The van der Waals surface area contributed by atoms with E-state index in [0.717, 1.165) is 12.1 Å². The van der Waals surface area contributed by atoms with Crippen molar-refractivity contribution in [1.82, 2.24) is 10.6 Å². The van der Waals surface area contributed by atoms with Crippen molar-refractivity contribution in [2.24, 2.45) is 5.92 Å². The van der Waals surface area contributed by atoms with Crippen molar-refractivity contribution in [3.8, 4) is 0 Å². The summed E-state index contributed by atoms with van der Waals surface area (Å²) in [7, 11) is 1.71. The minimum Gasteiger partial charge on any atom is -0.387 e. The second kappa shape index (κ2) is 8.97. The van der Waals surface area contributed by atoms with Crippen LogP contribution >= 0.6 is 12.4 Å². The lowest BCUT2D eigenvalue weighted by Crippen LogP contribution is -2.36. The van der Waals surface area contributed by atoms with Crippen LogP contribution in [-0.2, 0) is 11.0 Å². The van der Waals surface area contributed by atoms with E-state index in [0.29, 0.717) is 6.54 Å². The van der Waals surface area contributed by atoms with Crippen molar-refractivity contribution >= 4 is 18.3 Å². The molecule has 0 radical (unpaired) electrons. The summed E-state index contributed by atoms with van der Waals surface area (Å²) in [6.45, 7) is 2.06. The first-order valence-electron chi connectivity index (χ1n) is 6.53. The Balaban J connectivity index is 0.00000441. The van der Waals surface area contributed by atoms with Gasteiger partial charge in [0.15, 0.2) is 0 Å². The average Bonchev–Trinajstić information content (AvgIpc) is 2.43. The highest BCUT2D eigenvalue weighted by molar-refractivity contribution is 5.85. The van der Waals surface area contributed by atoms with Crippen LogP contribution in [0.25, 0.3) is 0 Å². The van der Waals surface area contributed by atoms with Crippen LogP contribution in [0.2, 0.25) is 0 Å². The first-order valence-corrected chi connectivity index (χ1v) is 6.53. The number of halogens is 4. The summed E-state index contributed by atoms with van der Waals surface area (Å²) in [5.74, 6) is -0.556. The number of benzene rings is 1. The van der Waals surface area contributed by atoms with E-state index in [1.165, 1.54) is 12.1 Å². The molecular weight excluding hydrogens is 321 g/mol. The summed E-state index contributed by atoms with van der Waals surface area (Å²) >= 11 is 0. The van der Waals surface area contributed by atoms with E-state index in [9.17, 15) is 23.1 Å². The van der Waals surface area contributed by atoms with Gasteiger partial charge in [0, 0.05) is 19.0 Å². The molecule has 126 valence electrons. The van der Waals surface area contributed by atoms with Gasteiger partial charge in [-0.15, -0.1) is 12.4 Å². The SMILES string of the molecule is CNCC(C)C(=O)NCC(O)c1cccc(C(F)(F)F)c1.Cl. The van der Waals surface area contributed by atoms with Gasteiger partial charge in [-0.2, -0.15) is 13.2 Å². The predicted octanol–water partition coefficient (Wildman–Crippen LogP) is 2.13. The van der Waals surface area contributed by atoms with E-state index in [4.69, 9.17) is 0 Å². The third kappa shape index (κ3) is 6.21. The van der Waals surface area contributed by atoms with Crippen LogP contribution in [-0.4, -0.2) is 31.2 Å². The molecule has 0 heterocycles. The zero-order chi connectivity index (χ0) is 16.0. The molecule has 0 saturated heterocycles. The molecule has 0 aromatic heterocycles. The summed E-state index contributed by atoms with van der Waals surface area (Å²) in [5, 5.41) is 15.2. The van der Waals surface area contributed by atoms with E-state index < -0.39 is 17.8 Å². The Morgan fingerprint density at radius 1 is 1.32 bits per heavy atom. The molecular formula is C14H20ClF3N2O2. The maximum Gasteiger partial charge on any atom is 0.416 e. The zero-order valence-corrected chi connectivity index (χ0v) is 13.1. The molecule has 0 saturated carbocycles. The smallest absolute Gasteiger partial charge is 0.387 e. The summed E-state index contributed by atoms with van der Waals surface area (Å²) in [4.78, 5) is 11.7. The molecule has 2 atom stereocenters. The number of carbonyl (C=O) groups is 1. The Bertz CT molecular complexity index is 483. The van der Waals surface area contributed by atoms with Gasteiger partial charge in [-0.05, 0) is 24.7 Å². The standard InChI is InChI=1S/C14H19F3N2O2.ClH/c1-9(7-18-2)13(21)19-8-12(20)10-4-3-5-11(6-10)14(15,16)17;/h3-6,9,12,18,20H,7-8H2,1-2H3,(H,19,21);1H. The number of aliphatic hydroxyl groups excluding tert-OH is 1. The van der Waals surface area contributed by atoms with Crippen molar-refractivity contribution in [2.75, 3.05) is 20.1 Å². The maximum absolute atomic E-state index is 12.6. The molecule has 1 rings (SSSR count). The highest BCUT2D eigenvalue weighted by atomic mass is 35.5. The van der Waals surface area contributed by atoms with E-state index >= 15 is 0 Å². The molecule has 1 aromatic carbocycles. The normalized spacial score (nSPS) is 13.9. The first-order chi connectivity index (χ1) is 9.75. The second-order valence-corrected chi connectivity index (χ2v) is 4.84. The molecule has 0 spiro atoms. The Hall–Kier alpha value is -1.31. The van der Waals surface area contributed by atoms with Crippen LogP contribution in [0.5, 0.6) is 0 Å². The highest BCUT2D eigenvalue weighted by Crippen LogP contribution is 2.30. The fraction of sp³-hybridized carbons (Fsp3) is 0.500. The number of amides is 1. The summed E-state index contributed by atoms with van der Waals surface area (Å²) < 4.78 is 37.7. The van der Waals surface area contributed by atoms with E-state index in [1.807, 2.05) is 0 Å². The van der Waals surface area contributed by atoms with Gasteiger partial charge < -0.3 is 15.7 Å². The van der Waals surface area contributed by atoms with Crippen molar-refractivity contribution in [2.45, 2.75) is 19.2 Å². The third-order valence-corrected chi connectivity index (χ3v) is 3.03. The minimum absolute atomic E-state index is 0. The number of alkyl halides is 3. The highest BCUT2D eigenvalue weighted by Gasteiger charge is 2.30. The molecule has 3 N–H and O–H groups in total. The number of hydrogen-bond donors (Lipinski definition) is 3. The molecule has 1 aromatic rings. The quantitative estimate of drug-likeness (QED) is 0.743.